The van der Waals surface area contributed by atoms with E-state index < -0.39 is 67.4 Å². The van der Waals surface area contributed by atoms with Gasteiger partial charge in [-0.15, -0.1) is 0 Å². The standard InChI is InChI=1S/C66H109NO10/c1-4-7-10-13-16-19-22-24-26-28-29-30-32-33-35-38-41-44-47-50-53-59(70)65(74)67-57(58(69)52-49-46-43-40-37-21-18-15-12-9-6-3)56-75-66-64(63(73)62(72)60(55-68)76-66)77-61(71)54-51-48-45-42-39-36-34-31-27-25-23-20-17-14-11-8-5-2/h8,11,14,16-17,19-20,23-27,29-31,34,36,39,49,52,57-60,62-64,66,68-70,72-73H,4-7,9-10,12-13,15,18,21-22,28,32-33,35,37-38,40-48,50-51,53-56H2,1-3H3,(H,67,74)/b11-8-,17-14+,19-16-,23-20+,26-24-,27-25-,30-29-,34-31+,39-36+,52-49+. The molecule has 0 saturated carbocycles. The number of carbonyl (C=O) groups is 2. The third kappa shape index (κ3) is 40.8. The van der Waals surface area contributed by atoms with E-state index in [9.17, 15) is 35.1 Å². The molecule has 11 heteroatoms. The number of hydrogen-bond donors (Lipinski definition) is 6. The van der Waals surface area contributed by atoms with Crippen molar-refractivity contribution in [2.24, 2.45) is 0 Å². The summed E-state index contributed by atoms with van der Waals surface area (Å²) in [5.41, 5.74) is 0. The Hall–Kier alpha value is -3.94. The maximum Gasteiger partial charge on any atom is 0.306 e. The number of hydrogen-bond acceptors (Lipinski definition) is 10. The van der Waals surface area contributed by atoms with Crippen molar-refractivity contribution < 1.29 is 49.3 Å². The fraction of sp³-hybridized carbons (Fsp3) is 0.667. The van der Waals surface area contributed by atoms with Gasteiger partial charge in [-0.1, -0.05) is 251 Å². The summed E-state index contributed by atoms with van der Waals surface area (Å²) in [5, 5.41) is 56.9. The van der Waals surface area contributed by atoms with Crippen molar-refractivity contribution in [3.05, 3.63) is 122 Å². The van der Waals surface area contributed by atoms with Crippen molar-refractivity contribution in [1.29, 1.82) is 0 Å². The van der Waals surface area contributed by atoms with Crippen LogP contribution >= 0.6 is 0 Å². The molecular formula is C66H109NO10. The molecule has 77 heavy (non-hydrogen) atoms. The molecule has 1 heterocycles. The largest absolute Gasteiger partial charge is 0.454 e. The van der Waals surface area contributed by atoms with Crippen molar-refractivity contribution in [2.75, 3.05) is 13.2 Å². The van der Waals surface area contributed by atoms with E-state index in [2.05, 4.69) is 74.7 Å². The third-order valence-electron chi connectivity index (χ3n) is 13.5. The van der Waals surface area contributed by atoms with Crippen LogP contribution in [0.5, 0.6) is 0 Å². The molecule has 1 saturated heterocycles. The highest BCUT2D eigenvalue weighted by molar-refractivity contribution is 5.80. The fourth-order valence-corrected chi connectivity index (χ4v) is 8.69. The third-order valence-corrected chi connectivity index (χ3v) is 13.5. The number of amides is 1. The van der Waals surface area contributed by atoms with Crippen LogP contribution in [0.25, 0.3) is 0 Å². The van der Waals surface area contributed by atoms with E-state index in [4.69, 9.17) is 14.2 Å². The maximum atomic E-state index is 13.4. The lowest BCUT2D eigenvalue weighted by molar-refractivity contribution is -0.305. The number of aliphatic hydroxyl groups is 5. The molecule has 8 unspecified atom stereocenters. The molecule has 0 aromatic carbocycles. The molecule has 438 valence electrons. The second-order valence-electron chi connectivity index (χ2n) is 20.5. The first kappa shape index (κ1) is 71.1. The Kier molecular flexibility index (Phi) is 48.7. The Bertz CT molecular complexity index is 1710. The maximum absolute atomic E-state index is 13.4. The molecule has 8 atom stereocenters. The van der Waals surface area contributed by atoms with Gasteiger partial charge in [0, 0.05) is 6.42 Å². The summed E-state index contributed by atoms with van der Waals surface area (Å²) < 4.78 is 17.5. The van der Waals surface area contributed by atoms with Crippen LogP contribution in [0.3, 0.4) is 0 Å². The van der Waals surface area contributed by atoms with E-state index in [0.717, 1.165) is 96.3 Å². The van der Waals surface area contributed by atoms with Gasteiger partial charge >= 0.3 is 5.97 Å². The molecule has 11 nitrogen and oxygen atoms in total. The topological polar surface area (TPSA) is 175 Å². The Morgan fingerprint density at radius 3 is 1.55 bits per heavy atom. The van der Waals surface area contributed by atoms with Crippen LogP contribution in [0.2, 0.25) is 0 Å². The van der Waals surface area contributed by atoms with Crippen molar-refractivity contribution in [3.63, 3.8) is 0 Å². The van der Waals surface area contributed by atoms with E-state index in [0.29, 0.717) is 12.8 Å². The Morgan fingerprint density at radius 2 is 0.987 bits per heavy atom. The lowest BCUT2D eigenvalue weighted by atomic mass is 9.99. The minimum Gasteiger partial charge on any atom is -0.454 e. The second kappa shape index (κ2) is 52.7. The van der Waals surface area contributed by atoms with E-state index in [1.807, 2.05) is 66.8 Å². The van der Waals surface area contributed by atoms with Gasteiger partial charge in [-0.05, 0) is 83.5 Å². The van der Waals surface area contributed by atoms with Crippen molar-refractivity contribution >= 4 is 11.9 Å². The van der Waals surface area contributed by atoms with E-state index >= 15 is 0 Å². The van der Waals surface area contributed by atoms with E-state index in [1.54, 1.807) is 6.08 Å². The van der Waals surface area contributed by atoms with Gasteiger partial charge in [0.25, 0.3) is 0 Å². The van der Waals surface area contributed by atoms with Crippen LogP contribution < -0.4 is 5.32 Å². The molecule has 0 spiro atoms. The summed E-state index contributed by atoms with van der Waals surface area (Å²) in [6, 6.07) is -1.05. The summed E-state index contributed by atoms with van der Waals surface area (Å²) in [7, 11) is 0. The molecular weight excluding hydrogens is 967 g/mol. The number of esters is 1. The van der Waals surface area contributed by atoms with Crippen LogP contribution in [-0.2, 0) is 23.8 Å². The van der Waals surface area contributed by atoms with Gasteiger partial charge in [0.1, 0.15) is 24.4 Å². The van der Waals surface area contributed by atoms with Crippen LogP contribution in [0.4, 0.5) is 0 Å². The summed E-state index contributed by atoms with van der Waals surface area (Å²) in [6.45, 7) is 5.56. The molecule has 0 bridgehead atoms. The average molecular weight is 1080 g/mol. The minimum absolute atomic E-state index is 0.0643. The smallest absolute Gasteiger partial charge is 0.306 e. The minimum atomic E-state index is -1.64. The number of ether oxygens (including phenoxy) is 3. The first-order valence-corrected chi connectivity index (χ1v) is 30.4. The summed E-state index contributed by atoms with van der Waals surface area (Å²) in [5.74, 6) is -1.26. The van der Waals surface area contributed by atoms with Crippen LogP contribution in [0, 0.1) is 0 Å². The SMILES string of the molecule is CC\C=C/C=C/C=C/C=C\C=C\C=C\CCCCCC(=O)OC1C(OCC(NC(=O)C(O)CCCCCCCCC/C=C\C/C=C\C/C=C\CCCCC)C(O)/C=C/CCCCCCCCCCC)OC(CO)C(O)C1O. The van der Waals surface area contributed by atoms with Gasteiger partial charge in [-0.3, -0.25) is 9.59 Å². The van der Waals surface area contributed by atoms with Crippen molar-refractivity contribution in [2.45, 2.75) is 269 Å². The normalized spacial score (nSPS) is 19.9. The van der Waals surface area contributed by atoms with Gasteiger partial charge in [0.15, 0.2) is 12.4 Å². The van der Waals surface area contributed by atoms with Gasteiger partial charge < -0.3 is 45.1 Å². The zero-order valence-electron chi connectivity index (χ0n) is 48.3. The quantitative estimate of drug-likeness (QED) is 0.0149. The number of carbonyl (C=O) groups excluding carboxylic acids is 2. The zero-order valence-corrected chi connectivity index (χ0v) is 48.3. The number of aliphatic hydroxyl groups excluding tert-OH is 5. The van der Waals surface area contributed by atoms with Crippen LogP contribution in [0.15, 0.2) is 122 Å². The van der Waals surface area contributed by atoms with E-state index in [-0.39, 0.29) is 19.4 Å². The summed E-state index contributed by atoms with van der Waals surface area (Å²) in [6.07, 6.45) is 62.3. The van der Waals surface area contributed by atoms with Crippen molar-refractivity contribution in [3.8, 4) is 0 Å². The summed E-state index contributed by atoms with van der Waals surface area (Å²) >= 11 is 0. The molecule has 6 N–H and O–H groups in total. The highest BCUT2D eigenvalue weighted by Crippen LogP contribution is 2.26. The molecule has 1 rings (SSSR count). The molecule has 1 amide bonds. The predicted octanol–water partition coefficient (Wildman–Crippen LogP) is 14.3. The van der Waals surface area contributed by atoms with Crippen LogP contribution in [0.1, 0.15) is 220 Å². The lowest BCUT2D eigenvalue weighted by Gasteiger charge is -2.41. The molecule has 1 aliphatic rings. The van der Waals surface area contributed by atoms with Gasteiger partial charge in [0.2, 0.25) is 5.91 Å². The van der Waals surface area contributed by atoms with Gasteiger partial charge in [-0.25, -0.2) is 0 Å². The number of unbranched alkanes of at least 4 members (excludes halogenated alkanes) is 22. The monoisotopic (exact) mass is 1080 g/mol. The summed E-state index contributed by atoms with van der Waals surface area (Å²) in [4.78, 5) is 26.5. The molecule has 0 aromatic rings. The van der Waals surface area contributed by atoms with E-state index in [1.165, 1.54) is 77.0 Å². The molecule has 0 aliphatic carbocycles. The average Bonchev–Trinajstić information content (AvgIpc) is 3.43. The predicted molar refractivity (Wildman–Crippen MR) is 319 cm³/mol. The molecule has 1 fully saturated rings. The first-order chi connectivity index (χ1) is 37.7. The number of rotatable bonds is 49. The number of allylic oxidation sites excluding steroid dienone is 19. The van der Waals surface area contributed by atoms with Crippen LogP contribution in [-0.4, -0.2) is 99.6 Å². The van der Waals surface area contributed by atoms with Crippen molar-refractivity contribution in [1.82, 2.24) is 5.32 Å². The molecule has 0 aromatic heterocycles. The highest BCUT2D eigenvalue weighted by atomic mass is 16.7. The fourth-order valence-electron chi connectivity index (χ4n) is 8.69. The highest BCUT2D eigenvalue weighted by Gasteiger charge is 2.47. The Labute approximate surface area is 468 Å². The number of nitrogens with one attached hydrogen (secondary N) is 1. The second-order valence-corrected chi connectivity index (χ2v) is 20.5. The molecule has 1 aliphatic heterocycles. The molecule has 0 radical (unpaired) electrons. The Balaban J connectivity index is 2.72. The Morgan fingerprint density at radius 1 is 0.532 bits per heavy atom. The zero-order chi connectivity index (χ0) is 56.1. The van der Waals surface area contributed by atoms with Gasteiger partial charge in [0.05, 0.1) is 25.4 Å². The lowest BCUT2D eigenvalue weighted by Crippen LogP contribution is -2.61. The van der Waals surface area contributed by atoms with Gasteiger partial charge in [-0.2, -0.15) is 0 Å². The first-order valence-electron chi connectivity index (χ1n) is 30.4.